The number of pyridine rings is 1. The zero-order valence-corrected chi connectivity index (χ0v) is 9.31. The lowest BCUT2D eigenvalue weighted by atomic mass is 9.86. The average Bonchev–Trinajstić information content (AvgIpc) is 2.63. The van der Waals surface area contributed by atoms with Gasteiger partial charge in [-0.3, -0.25) is 0 Å². The summed E-state index contributed by atoms with van der Waals surface area (Å²) < 4.78 is 1.93. The van der Waals surface area contributed by atoms with Crippen molar-refractivity contribution in [3.63, 3.8) is 0 Å². The first-order valence-electron chi connectivity index (χ1n) is 5.17. The number of imidazole rings is 1. The van der Waals surface area contributed by atoms with Crippen molar-refractivity contribution in [3.8, 4) is 0 Å². The van der Waals surface area contributed by atoms with Gasteiger partial charge in [0.25, 0.3) is 0 Å². The first-order valence-corrected chi connectivity index (χ1v) is 5.17. The molecule has 0 aliphatic carbocycles. The maximum Gasteiger partial charge on any atom is 0.137 e. The molecule has 0 aromatic carbocycles. The molecule has 15 heavy (non-hydrogen) atoms. The monoisotopic (exact) mass is 204 g/mol. The molecule has 3 heteroatoms. The molecule has 0 saturated heterocycles. The van der Waals surface area contributed by atoms with Crippen molar-refractivity contribution in [2.24, 2.45) is 5.92 Å². The second-order valence-electron chi connectivity index (χ2n) is 4.41. The van der Waals surface area contributed by atoms with Gasteiger partial charge in [0.05, 0.1) is 5.60 Å². The number of aliphatic hydroxyl groups is 1. The summed E-state index contributed by atoms with van der Waals surface area (Å²) >= 11 is 0. The van der Waals surface area contributed by atoms with Gasteiger partial charge in [-0.05, 0) is 30.5 Å². The van der Waals surface area contributed by atoms with E-state index in [9.17, 15) is 5.11 Å². The van der Waals surface area contributed by atoms with Gasteiger partial charge in [0.2, 0.25) is 0 Å². The van der Waals surface area contributed by atoms with E-state index in [2.05, 4.69) is 4.98 Å². The maximum atomic E-state index is 10.3. The molecule has 1 atom stereocenters. The van der Waals surface area contributed by atoms with Crippen LogP contribution in [-0.4, -0.2) is 14.5 Å². The molecule has 0 spiro atoms. The lowest BCUT2D eigenvalue weighted by Gasteiger charge is -2.28. The lowest BCUT2D eigenvalue weighted by molar-refractivity contribution is 0.00906. The van der Waals surface area contributed by atoms with E-state index in [0.717, 1.165) is 11.2 Å². The SMILES string of the molecule is CC(C)C(C)(O)c1ccn2ccnc2c1. The summed E-state index contributed by atoms with van der Waals surface area (Å²) in [6, 6.07) is 3.87. The Balaban J connectivity index is 2.52. The largest absolute Gasteiger partial charge is 0.385 e. The topological polar surface area (TPSA) is 37.5 Å². The van der Waals surface area contributed by atoms with Crippen molar-refractivity contribution >= 4 is 5.65 Å². The summed E-state index contributed by atoms with van der Waals surface area (Å²) in [5, 5.41) is 10.3. The lowest BCUT2D eigenvalue weighted by Crippen LogP contribution is -2.27. The Kier molecular flexibility index (Phi) is 2.27. The Morgan fingerprint density at radius 2 is 2.13 bits per heavy atom. The van der Waals surface area contributed by atoms with E-state index in [1.165, 1.54) is 0 Å². The number of aromatic nitrogens is 2. The molecule has 2 heterocycles. The molecular formula is C12H16N2O. The van der Waals surface area contributed by atoms with Crippen molar-refractivity contribution in [2.75, 3.05) is 0 Å². The summed E-state index contributed by atoms with van der Waals surface area (Å²) in [4.78, 5) is 4.20. The highest BCUT2D eigenvalue weighted by Gasteiger charge is 2.27. The smallest absolute Gasteiger partial charge is 0.137 e. The van der Waals surface area contributed by atoms with Crippen LogP contribution in [0.25, 0.3) is 5.65 Å². The molecule has 0 aliphatic heterocycles. The van der Waals surface area contributed by atoms with Crippen LogP contribution in [0.4, 0.5) is 0 Å². The van der Waals surface area contributed by atoms with E-state index in [0.29, 0.717) is 0 Å². The van der Waals surface area contributed by atoms with E-state index >= 15 is 0 Å². The third-order valence-corrected chi connectivity index (χ3v) is 3.11. The average molecular weight is 204 g/mol. The van der Waals surface area contributed by atoms with Gasteiger partial charge in [-0.1, -0.05) is 13.8 Å². The van der Waals surface area contributed by atoms with Crippen molar-refractivity contribution in [1.29, 1.82) is 0 Å². The zero-order valence-electron chi connectivity index (χ0n) is 9.31. The highest BCUT2D eigenvalue weighted by molar-refractivity contribution is 5.43. The molecule has 0 saturated carbocycles. The van der Waals surface area contributed by atoms with Gasteiger partial charge < -0.3 is 9.51 Å². The standard InChI is InChI=1S/C12H16N2O/c1-9(2)12(3,15)10-4-6-14-7-5-13-11(14)8-10/h4-9,15H,1-3H3. The first kappa shape index (κ1) is 10.2. The molecule has 2 aromatic rings. The first-order chi connectivity index (χ1) is 7.01. The van der Waals surface area contributed by atoms with Gasteiger partial charge in [-0.2, -0.15) is 0 Å². The van der Waals surface area contributed by atoms with Crippen LogP contribution >= 0.6 is 0 Å². The molecule has 1 unspecified atom stereocenters. The Labute approximate surface area is 89.4 Å². The van der Waals surface area contributed by atoms with Gasteiger partial charge in [0.15, 0.2) is 0 Å². The number of hydrogen-bond acceptors (Lipinski definition) is 2. The molecule has 1 N–H and O–H groups in total. The van der Waals surface area contributed by atoms with Crippen molar-refractivity contribution in [1.82, 2.24) is 9.38 Å². The van der Waals surface area contributed by atoms with Gasteiger partial charge in [0.1, 0.15) is 5.65 Å². The second kappa shape index (κ2) is 3.35. The normalized spacial score (nSPS) is 15.8. The molecule has 0 bridgehead atoms. The molecule has 0 fully saturated rings. The number of nitrogens with zero attached hydrogens (tertiary/aromatic N) is 2. The summed E-state index contributed by atoms with van der Waals surface area (Å²) in [7, 11) is 0. The van der Waals surface area contributed by atoms with Crippen molar-refractivity contribution in [2.45, 2.75) is 26.4 Å². The van der Waals surface area contributed by atoms with Crippen LogP contribution in [-0.2, 0) is 5.60 Å². The van der Waals surface area contributed by atoms with E-state index in [4.69, 9.17) is 0 Å². The van der Waals surface area contributed by atoms with Crippen molar-refractivity contribution in [3.05, 3.63) is 36.3 Å². The van der Waals surface area contributed by atoms with E-state index < -0.39 is 5.60 Å². The van der Waals surface area contributed by atoms with Gasteiger partial charge >= 0.3 is 0 Å². The quantitative estimate of drug-likeness (QED) is 0.814. The summed E-state index contributed by atoms with van der Waals surface area (Å²) in [6.45, 7) is 5.86. The number of hydrogen-bond donors (Lipinski definition) is 1. The predicted molar refractivity (Wildman–Crippen MR) is 59.6 cm³/mol. The van der Waals surface area contributed by atoms with Gasteiger partial charge in [-0.25, -0.2) is 4.98 Å². The molecule has 2 aromatic heterocycles. The third kappa shape index (κ3) is 1.63. The maximum absolute atomic E-state index is 10.3. The van der Waals surface area contributed by atoms with E-state index in [-0.39, 0.29) is 5.92 Å². The molecule has 2 rings (SSSR count). The molecule has 80 valence electrons. The highest BCUT2D eigenvalue weighted by Crippen LogP contribution is 2.29. The van der Waals surface area contributed by atoms with Crippen LogP contribution in [0.15, 0.2) is 30.7 Å². The molecule has 0 amide bonds. The zero-order chi connectivity index (χ0) is 11.1. The minimum Gasteiger partial charge on any atom is -0.385 e. The van der Waals surface area contributed by atoms with Crippen LogP contribution in [0.3, 0.4) is 0 Å². The van der Waals surface area contributed by atoms with Crippen LogP contribution < -0.4 is 0 Å². The fourth-order valence-corrected chi connectivity index (χ4v) is 1.56. The Bertz CT molecular complexity index is 471. The molecule has 3 nitrogen and oxygen atoms in total. The summed E-state index contributed by atoms with van der Waals surface area (Å²) in [5.74, 6) is 0.176. The summed E-state index contributed by atoms with van der Waals surface area (Å²) in [6.07, 6.45) is 5.57. The van der Waals surface area contributed by atoms with Crippen LogP contribution in [0.2, 0.25) is 0 Å². The minimum atomic E-state index is -0.798. The van der Waals surface area contributed by atoms with Crippen LogP contribution in [0, 0.1) is 5.92 Å². The van der Waals surface area contributed by atoms with Crippen LogP contribution in [0.5, 0.6) is 0 Å². The highest BCUT2D eigenvalue weighted by atomic mass is 16.3. The Morgan fingerprint density at radius 3 is 2.80 bits per heavy atom. The van der Waals surface area contributed by atoms with E-state index in [1.54, 1.807) is 6.20 Å². The fourth-order valence-electron chi connectivity index (χ4n) is 1.56. The Morgan fingerprint density at radius 1 is 1.40 bits per heavy atom. The molecular weight excluding hydrogens is 188 g/mol. The van der Waals surface area contributed by atoms with Gasteiger partial charge in [0, 0.05) is 18.6 Å². The summed E-state index contributed by atoms with van der Waals surface area (Å²) in [5.41, 5.74) is 0.984. The minimum absolute atomic E-state index is 0.176. The second-order valence-corrected chi connectivity index (χ2v) is 4.41. The third-order valence-electron chi connectivity index (χ3n) is 3.11. The Hall–Kier alpha value is -1.35. The van der Waals surface area contributed by atoms with Gasteiger partial charge in [-0.15, -0.1) is 0 Å². The molecule has 0 radical (unpaired) electrons. The van der Waals surface area contributed by atoms with Crippen LogP contribution in [0.1, 0.15) is 26.3 Å². The number of rotatable bonds is 2. The van der Waals surface area contributed by atoms with Crippen molar-refractivity contribution < 1.29 is 5.11 Å². The predicted octanol–water partition coefficient (Wildman–Crippen LogP) is 2.20. The fraction of sp³-hybridized carbons (Fsp3) is 0.417. The molecule has 0 aliphatic rings. The van der Waals surface area contributed by atoms with E-state index in [1.807, 2.05) is 49.7 Å². The number of fused-ring (bicyclic) bond motifs is 1.